The number of aromatic amines is 1. The number of carbonyl (C=O) groups excluding carboxylic acids is 2. The molecule has 8 nitrogen and oxygen atoms in total. The van der Waals surface area contributed by atoms with Crippen LogP contribution in [0.15, 0.2) is 6.33 Å². The van der Waals surface area contributed by atoms with Crippen LogP contribution in [0.5, 0.6) is 0 Å². The highest BCUT2D eigenvalue weighted by atomic mass is 16.5. The number of morpholine rings is 1. The Balaban J connectivity index is 2.16. The first-order valence-corrected chi connectivity index (χ1v) is 5.06. The van der Waals surface area contributed by atoms with Crippen LogP contribution in [-0.4, -0.2) is 64.9 Å². The summed E-state index contributed by atoms with van der Waals surface area (Å²) in [4.78, 5) is 28.7. The van der Waals surface area contributed by atoms with Gasteiger partial charge in [-0.05, 0) is 0 Å². The van der Waals surface area contributed by atoms with Crippen molar-refractivity contribution < 1.29 is 19.1 Å². The zero-order valence-corrected chi connectivity index (χ0v) is 9.25. The molecule has 0 radical (unpaired) electrons. The van der Waals surface area contributed by atoms with Gasteiger partial charge in [-0.1, -0.05) is 0 Å². The lowest BCUT2D eigenvalue weighted by Gasteiger charge is -2.32. The second-order valence-electron chi connectivity index (χ2n) is 3.45. The molecule has 1 amide bonds. The van der Waals surface area contributed by atoms with E-state index in [0.29, 0.717) is 13.2 Å². The maximum Gasteiger partial charge on any atom is 0.331 e. The zero-order valence-electron chi connectivity index (χ0n) is 9.25. The van der Waals surface area contributed by atoms with Gasteiger partial charge in [-0.15, -0.1) is 0 Å². The number of aromatic nitrogens is 3. The Kier molecular flexibility index (Phi) is 3.33. The molecule has 1 aliphatic heterocycles. The molecule has 2 rings (SSSR count). The molecule has 1 aliphatic rings. The van der Waals surface area contributed by atoms with Gasteiger partial charge in [0.2, 0.25) is 5.82 Å². The van der Waals surface area contributed by atoms with Crippen LogP contribution in [0.1, 0.15) is 10.6 Å². The predicted molar refractivity (Wildman–Crippen MR) is 54.0 cm³/mol. The fraction of sp³-hybridized carbons (Fsp3) is 0.556. The van der Waals surface area contributed by atoms with Gasteiger partial charge in [0, 0.05) is 6.54 Å². The third kappa shape index (κ3) is 2.26. The molecule has 0 aromatic carbocycles. The molecule has 0 bridgehead atoms. The van der Waals surface area contributed by atoms with Crippen molar-refractivity contribution in [2.45, 2.75) is 6.04 Å². The summed E-state index contributed by atoms with van der Waals surface area (Å²) >= 11 is 0. The van der Waals surface area contributed by atoms with Crippen LogP contribution in [-0.2, 0) is 14.3 Å². The number of hydrogen-bond donors (Lipinski definition) is 1. The molecule has 0 spiro atoms. The van der Waals surface area contributed by atoms with Crippen molar-refractivity contribution in [2.75, 3.05) is 26.9 Å². The molecule has 1 aromatic rings. The number of nitrogens with zero attached hydrogens (tertiary/aromatic N) is 3. The van der Waals surface area contributed by atoms with Crippen molar-refractivity contribution in [1.82, 2.24) is 20.1 Å². The largest absolute Gasteiger partial charge is 0.467 e. The Bertz CT molecular complexity index is 405. The molecular weight excluding hydrogens is 228 g/mol. The lowest BCUT2D eigenvalue weighted by atomic mass is 10.2. The summed E-state index contributed by atoms with van der Waals surface area (Å²) in [5.41, 5.74) is 0. The average Bonchev–Trinajstić information content (AvgIpc) is 2.91. The van der Waals surface area contributed by atoms with Crippen LogP contribution in [0, 0.1) is 0 Å². The molecule has 1 saturated heterocycles. The van der Waals surface area contributed by atoms with Crippen molar-refractivity contribution in [3.63, 3.8) is 0 Å². The number of esters is 1. The van der Waals surface area contributed by atoms with Gasteiger partial charge in [0.05, 0.1) is 20.3 Å². The van der Waals surface area contributed by atoms with Crippen molar-refractivity contribution in [3.05, 3.63) is 12.2 Å². The predicted octanol–water partition coefficient (Wildman–Crippen LogP) is -1.18. The average molecular weight is 240 g/mol. The smallest absolute Gasteiger partial charge is 0.331 e. The van der Waals surface area contributed by atoms with Crippen molar-refractivity contribution in [2.24, 2.45) is 0 Å². The van der Waals surface area contributed by atoms with E-state index in [9.17, 15) is 9.59 Å². The molecule has 2 heterocycles. The highest BCUT2D eigenvalue weighted by Crippen LogP contribution is 2.11. The molecule has 1 aromatic heterocycles. The quantitative estimate of drug-likeness (QED) is 0.653. The Morgan fingerprint density at radius 1 is 1.65 bits per heavy atom. The summed E-state index contributed by atoms with van der Waals surface area (Å²) in [6.45, 7) is 0.833. The van der Waals surface area contributed by atoms with Crippen LogP contribution in [0.2, 0.25) is 0 Å². The van der Waals surface area contributed by atoms with E-state index in [-0.39, 0.29) is 18.3 Å². The van der Waals surface area contributed by atoms with E-state index in [4.69, 9.17) is 4.74 Å². The Labute approximate surface area is 96.9 Å². The van der Waals surface area contributed by atoms with Gasteiger partial charge in [0.25, 0.3) is 5.91 Å². The molecular formula is C9H12N4O4. The van der Waals surface area contributed by atoms with E-state index in [2.05, 4.69) is 19.9 Å². The molecule has 8 heteroatoms. The monoisotopic (exact) mass is 240 g/mol. The number of H-pyrrole nitrogens is 1. The third-order valence-electron chi connectivity index (χ3n) is 2.48. The number of ether oxygens (including phenoxy) is 2. The minimum Gasteiger partial charge on any atom is -0.467 e. The van der Waals surface area contributed by atoms with Gasteiger partial charge in [0.15, 0.2) is 6.04 Å². The van der Waals surface area contributed by atoms with E-state index < -0.39 is 12.0 Å². The minimum absolute atomic E-state index is 0.0980. The van der Waals surface area contributed by atoms with Gasteiger partial charge in [-0.3, -0.25) is 9.89 Å². The summed E-state index contributed by atoms with van der Waals surface area (Å²) < 4.78 is 9.79. The molecule has 92 valence electrons. The SMILES string of the molecule is COC(=O)C1COCCN1C(=O)c1ncn[nH]1. The second kappa shape index (κ2) is 4.91. The van der Waals surface area contributed by atoms with Crippen LogP contribution in [0.4, 0.5) is 0 Å². The van der Waals surface area contributed by atoms with E-state index in [0.717, 1.165) is 0 Å². The standard InChI is InChI=1S/C9H12N4O4/c1-16-9(15)6-4-17-3-2-13(6)8(14)7-10-5-11-12-7/h5-6H,2-4H2,1H3,(H,10,11,12). The first-order valence-electron chi connectivity index (χ1n) is 5.06. The number of amides is 1. The number of hydrogen-bond acceptors (Lipinski definition) is 6. The van der Waals surface area contributed by atoms with E-state index in [1.165, 1.54) is 18.3 Å². The molecule has 1 unspecified atom stereocenters. The van der Waals surface area contributed by atoms with Gasteiger partial charge in [-0.2, -0.15) is 5.10 Å². The van der Waals surface area contributed by atoms with Gasteiger partial charge < -0.3 is 14.4 Å². The topological polar surface area (TPSA) is 97.4 Å². The maximum atomic E-state index is 12.0. The van der Waals surface area contributed by atoms with E-state index >= 15 is 0 Å². The zero-order chi connectivity index (χ0) is 12.3. The highest BCUT2D eigenvalue weighted by molar-refractivity contribution is 5.93. The molecule has 17 heavy (non-hydrogen) atoms. The summed E-state index contributed by atoms with van der Waals surface area (Å²) in [5, 5.41) is 6.06. The molecule has 1 fully saturated rings. The normalized spacial score (nSPS) is 20.1. The van der Waals surface area contributed by atoms with E-state index in [1.807, 2.05) is 0 Å². The van der Waals surface area contributed by atoms with Gasteiger partial charge >= 0.3 is 5.97 Å². The number of carbonyl (C=O) groups is 2. The van der Waals surface area contributed by atoms with Crippen LogP contribution in [0.3, 0.4) is 0 Å². The van der Waals surface area contributed by atoms with Gasteiger partial charge in [-0.25, -0.2) is 9.78 Å². The third-order valence-corrected chi connectivity index (χ3v) is 2.48. The van der Waals surface area contributed by atoms with Crippen LogP contribution < -0.4 is 0 Å². The Morgan fingerprint density at radius 3 is 3.12 bits per heavy atom. The second-order valence-corrected chi connectivity index (χ2v) is 3.45. The summed E-state index contributed by atoms with van der Waals surface area (Å²) in [6.07, 6.45) is 1.24. The lowest BCUT2D eigenvalue weighted by Crippen LogP contribution is -2.53. The van der Waals surface area contributed by atoms with Gasteiger partial charge in [0.1, 0.15) is 6.33 Å². The number of rotatable bonds is 2. The fourth-order valence-electron chi connectivity index (χ4n) is 1.62. The van der Waals surface area contributed by atoms with E-state index in [1.54, 1.807) is 0 Å². The van der Waals surface area contributed by atoms with Crippen molar-refractivity contribution >= 4 is 11.9 Å². The van der Waals surface area contributed by atoms with Crippen LogP contribution >= 0.6 is 0 Å². The number of nitrogens with one attached hydrogen (secondary N) is 1. The Morgan fingerprint density at radius 2 is 2.47 bits per heavy atom. The fourth-order valence-corrected chi connectivity index (χ4v) is 1.62. The maximum absolute atomic E-state index is 12.0. The first-order chi connectivity index (χ1) is 8.24. The number of methoxy groups -OCH3 is 1. The molecule has 1 atom stereocenters. The van der Waals surface area contributed by atoms with Crippen molar-refractivity contribution in [3.8, 4) is 0 Å². The lowest BCUT2D eigenvalue weighted by molar-refractivity contribution is -0.151. The molecule has 0 aliphatic carbocycles. The summed E-state index contributed by atoms with van der Waals surface area (Å²) in [5.74, 6) is -0.792. The summed E-state index contributed by atoms with van der Waals surface area (Å²) in [7, 11) is 1.27. The van der Waals surface area contributed by atoms with Crippen molar-refractivity contribution in [1.29, 1.82) is 0 Å². The minimum atomic E-state index is -0.730. The summed E-state index contributed by atoms with van der Waals surface area (Å²) in [6, 6.07) is -0.730. The molecule has 1 N–H and O–H groups in total. The Hall–Kier alpha value is -1.96. The molecule has 0 saturated carbocycles. The highest BCUT2D eigenvalue weighted by Gasteiger charge is 2.35. The first kappa shape index (κ1) is 11.5. The van der Waals surface area contributed by atoms with Crippen LogP contribution in [0.25, 0.3) is 0 Å².